The molecule has 0 saturated heterocycles. The van der Waals surface area contributed by atoms with Gasteiger partial charge >= 0.3 is 0 Å². The molecule has 0 spiro atoms. The van der Waals surface area contributed by atoms with Crippen LogP contribution in [0.25, 0.3) is 0 Å². The number of nitrogens with one attached hydrogen (secondary N) is 1. The third-order valence-corrected chi connectivity index (χ3v) is 3.44. The number of rotatable bonds is 5. The Morgan fingerprint density at radius 2 is 1.85 bits per heavy atom. The Labute approximate surface area is 119 Å². The van der Waals surface area contributed by atoms with Gasteiger partial charge in [-0.25, -0.2) is 0 Å². The van der Waals surface area contributed by atoms with Gasteiger partial charge in [-0.1, -0.05) is 42.0 Å². The number of hydrogen-bond acceptors (Lipinski definition) is 3. The summed E-state index contributed by atoms with van der Waals surface area (Å²) in [6.45, 7) is 4.98. The fraction of sp³-hybridized carbons (Fsp3) is 0.294. The molecule has 0 radical (unpaired) electrons. The van der Waals surface area contributed by atoms with E-state index < -0.39 is 6.10 Å². The topological polar surface area (TPSA) is 52.5 Å². The third kappa shape index (κ3) is 3.59. The van der Waals surface area contributed by atoms with Crippen LogP contribution in [0.1, 0.15) is 28.4 Å². The molecule has 0 aliphatic carbocycles. The van der Waals surface area contributed by atoms with Gasteiger partial charge in [-0.15, -0.1) is 0 Å². The van der Waals surface area contributed by atoms with E-state index in [2.05, 4.69) is 5.32 Å². The quantitative estimate of drug-likeness (QED) is 0.784. The van der Waals surface area contributed by atoms with E-state index in [0.29, 0.717) is 13.1 Å². The summed E-state index contributed by atoms with van der Waals surface area (Å²) in [5, 5.41) is 23.1. The Balaban J connectivity index is 1.93. The molecule has 0 fully saturated rings. The van der Waals surface area contributed by atoms with Gasteiger partial charge in [0.1, 0.15) is 5.75 Å². The van der Waals surface area contributed by atoms with E-state index in [1.54, 1.807) is 6.07 Å². The van der Waals surface area contributed by atoms with Gasteiger partial charge in [0, 0.05) is 18.7 Å². The van der Waals surface area contributed by atoms with Crippen molar-refractivity contribution in [3.63, 3.8) is 0 Å². The maximum Gasteiger partial charge on any atom is 0.120 e. The van der Waals surface area contributed by atoms with Crippen LogP contribution in [0.2, 0.25) is 0 Å². The molecule has 2 rings (SSSR count). The first-order chi connectivity index (χ1) is 9.58. The largest absolute Gasteiger partial charge is 0.508 e. The molecule has 3 nitrogen and oxygen atoms in total. The number of aliphatic hydroxyl groups excluding tert-OH is 1. The molecule has 0 aliphatic rings. The highest BCUT2D eigenvalue weighted by Crippen LogP contribution is 2.19. The zero-order valence-corrected chi connectivity index (χ0v) is 11.9. The van der Waals surface area contributed by atoms with Gasteiger partial charge in [-0.2, -0.15) is 0 Å². The summed E-state index contributed by atoms with van der Waals surface area (Å²) in [4.78, 5) is 0. The van der Waals surface area contributed by atoms with Gasteiger partial charge in [0.2, 0.25) is 0 Å². The minimum absolute atomic E-state index is 0.286. The predicted molar refractivity (Wildman–Crippen MR) is 80.7 cm³/mol. The summed E-state index contributed by atoms with van der Waals surface area (Å²) in [6.07, 6.45) is -0.539. The highest BCUT2D eigenvalue weighted by Gasteiger charge is 2.09. The number of aryl methyl sites for hydroxylation is 2. The lowest BCUT2D eigenvalue weighted by Gasteiger charge is -2.15. The minimum atomic E-state index is -0.539. The molecule has 1 unspecified atom stereocenters. The number of aliphatic hydroxyl groups is 1. The van der Waals surface area contributed by atoms with Gasteiger partial charge in [0.25, 0.3) is 0 Å². The van der Waals surface area contributed by atoms with Crippen LogP contribution in [0.4, 0.5) is 0 Å². The van der Waals surface area contributed by atoms with Crippen molar-refractivity contribution in [2.75, 3.05) is 6.54 Å². The molecule has 106 valence electrons. The van der Waals surface area contributed by atoms with Crippen LogP contribution < -0.4 is 5.32 Å². The second-order valence-electron chi connectivity index (χ2n) is 5.14. The van der Waals surface area contributed by atoms with Crippen LogP contribution in [0, 0.1) is 13.8 Å². The highest BCUT2D eigenvalue weighted by atomic mass is 16.3. The smallest absolute Gasteiger partial charge is 0.120 e. The van der Waals surface area contributed by atoms with Gasteiger partial charge < -0.3 is 15.5 Å². The van der Waals surface area contributed by atoms with E-state index in [0.717, 1.165) is 22.3 Å². The lowest BCUT2D eigenvalue weighted by Crippen LogP contribution is -2.21. The Morgan fingerprint density at radius 3 is 2.60 bits per heavy atom. The first kappa shape index (κ1) is 14.6. The first-order valence-electron chi connectivity index (χ1n) is 6.80. The third-order valence-electron chi connectivity index (χ3n) is 3.44. The van der Waals surface area contributed by atoms with E-state index in [1.165, 1.54) is 0 Å². The van der Waals surface area contributed by atoms with E-state index in [9.17, 15) is 10.2 Å². The molecule has 3 heteroatoms. The summed E-state index contributed by atoms with van der Waals surface area (Å²) in [5.41, 5.74) is 3.98. The number of hydrogen-bond donors (Lipinski definition) is 3. The van der Waals surface area contributed by atoms with Crippen molar-refractivity contribution in [2.45, 2.75) is 26.5 Å². The Morgan fingerprint density at radius 1 is 1.10 bits per heavy atom. The molecule has 0 aromatic heterocycles. The van der Waals surface area contributed by atoms with Crippen molar-refractivity contribution in [1.82, 2.24) is 5.32 Å². The molecular formula is C17H21NO2. The SMILES string of the molecule is Cc1ccc(O)c(CNCC(O)c2ccccc2C)c1. The summed E-state index contributed by atoms with van der Waals surface area (Å²) < 4.78 is 0. The molecule has 0 bridgehead atoms. The van der Waals surface area contributed by atoms with E-state index in [-0.39, 0.29) is 5.75 Å². The van der Waals surface area contributed by atoms with Crippen LogP contribution in [0.3, 0.4) is 0 Å². The summed E-state index contributed by atoms with van der Waals surface area (Å²) in [7, 11) is 0. The molecule has 2 aromatic carbocycles. The average molecular weight is 271 g/mol. The predicted octanol–water partition coefficient (Wildman–Crippen LogP) is 2.83. The maximum absolute atomic E-state index is 10.2. The molecule has 0 amide bonds. The zero-order valence-electron chi connectivity index (χ0n) is 11.9. The molecule has 0 saturated carbocycles. The van der Waals surface area contributed by atoms with Crippen molar-refractivity contribution in [1.29, 1.82) is 0 Å². The Hall–Kier alpha value is -1.84. The first-order valence-corrected chi connectivity index (χ1v) is 6.80. The second-order valence-corrected chi connectivity index (χ2v) is 5.14. The Kier molecular flexibility index (Phi) is 4.77. The lowest BCUT2D eigenvalue weighted by atomic mass is 10.0. The lowest BCUT2D eigenvalue weighted by molar-refractivity contribution is 0.173. The molecule has 2 aromatic rings. The van der Waals surface area contributed by atoms with E-state index >= 15 is 0 Å². The van der Waals surface area contributed by atoms with Crippen LogP contribution >= 0.6 is 0 Å². The summed E-state index contributed by atoms with van der Waals surface area (Å²) in [6, 6.07) is 13.3. The molecular weight excluding hydrogens is 250 g/mol. The maximum atomic E-state index is 10.2. The van der Waals surface area contributed by atoms with Crippen molar-refractivity contribution in [3.05, 3.63) is 64.7 Å². The van der Waals surface area contributed by atoms with Gasteiger partial charge in [0.05, 0.1) is 6.10 Å². The molecule has 0 heterocycles. The minimum Gasteiger partial charge on any atom is -0.508 e. The fourth-order valence-electron chi connectivity index (χ4n) is 2.27. The van der Waals surface area contributed by atoms with Crippen LogP contribution in [-0.2, 0) is 6.54 Å². The fourth-order valence-corrected chi connectivity index (χ4v) is 2.27. The van der Waals surface area contributed by atoms with Crippen molar-refractivity contribution in [3.8, 4) is 5.75 Å². The number of phenols is 1. The molecule has 1 atom stereocenters. The van der Waals surface area contributed by atoms with Crippen molar-refractivity contribution in [2.24, 2.45) is 0 Å². The van der Waals surface area contributed by atoms with Gasteiger partial charge in [0.15, 0.2) is 0 Å². The van der Waals surface area contributed by atoms with Crippen LogP contribution in [0.5, 0.6) is 5.75 Å². The normalized spacial score (nSPS) is 12.3. The van der Waals surface area contributed by atoms with Gasteiger partial charge in [-0.3, -0.25) is 0 Å². The Bertz CT molecular complexity index is 581. The monoisotopic (exact) mass is 271 g/mol. The highest BCUT2D eigenvalue weighted by molar-refractivity contribution is 5.35. The van der Waals surface area contributed by atoms with E-state index in [1.807, 2.05) is 50.2 Å². The second kappa shape index (κ2) is 6.55. The van der Waals surface area contributed by atoms with Crippen LogP contribution in [0.15, 0.2) is 42.5 Å². The zero-order chi connectivity index (χ0) is 14.5. The standard InChI is InChI=1S/C17H21NO2/c1-12-7-8-16(19)14(9-12)10-18-11-17(20)15-6-4-3-5-13(15)2/h3-9,17-20H,10-11H2,1-2H3. The molecule has 0 aliphatic heterocycles. The van der Waals surface area contributed by atoms with Gasteiger partial charge in [-0.05, 0) is 31.0 Å². The van der Waals surface area contributed by atoms with E-state index in [4.69, 9.17) is 0 Å². The number of benzene rings is 2. The number of phenolic OH excluding ortho intramolecular Hbond substituents is 1. The molecule has 3 N–H and O–H groups in total. The average Bonchev–Trinajstić information content (AvgIpc) is 2.43. The van der Waals surface area contributed by atoms with Crippen LogP contribution in [-0.4, -0.2) is 16.8 Å². The van der Waals surface area contributed by atoms with Crippen molar-refractivity contribution < 1.29 is 10.2 Å². The summed E-state index contributed by atoms with van der Waals surface area (Å²) in [5.74, 6) is 0.286. The summed E-state index contributed by atoms with van der Waals surface area (Å²) >= 11 is 0. The number of aromatic hydroxyl groups is 1. The van der Waals surface area contributed by atoms with Crippen molar-refractivity contribution >= 4 is 0 Å². The molecule has 20 heavy (non-hydrogen) atoms.